The van der Waals surface area contributed by atoms with E-state index >= 15 is 0 Å². The molecule has 1 aromatic rings. The van der Waals surface area contributed by atoms with Crippen LogP contribution in [0.2, 0.25) is 0 Å². The Morgan fingerprint density at radius 3 is 3.15 bits per heavy atom. The fourth-order valence-electron chi connectivity index (χ4n) is 2.86. The summed E-state index contributed by atoms with van der Waals surface area (Å²) in [6, 6.07) is 7.79. The Labute approximate surface area is 118 Å². The molecule has 108 valence electrons. The lowest BCUT2D eigenvalue weighted by Crippen LogP contribution is -2.50. The van der Waals surface area contributed by atoms with E-state index in [4.69, 9.17) is 9.47 Å². The third kappa shape index (κ3) is 2.51. The summed E-state index contributed by atoms with van der Waals surface area (Å²) in [5.41, 5.74) is 1.01. The van der Waals surface area contributed by atoms with Crippen molar-refractivity contribution < 1.29 is 14.3 Å². The van der Waals surface area contributed by atoms with Crippen LogP contribution in [-0.4, -0.2) is 56.8 Å². The largest absolute Gasteiger partial charge is 0.492 e. The third-order valence-corrected chi connectivity index (χ3v) is 3.88. The predicted molar refractivity (Wildman–Crippen MR) is 74.9 cm³/mol. The van der Waals surface area contributed by atoms with Crippen LogP contribution < -0.4 is 10.1 Å². The number of carbonyl (C=O) groups excluding carboxylic acids is 1. The molecule has 0 aliphatic carbocycles. The maximum absolute atomic E-state index is 12.7. The summed E-state index contributed by atoms with van der Waals surface area (Å²) in [5.74, 6) is 0.824. The molecule has 0 aromatic heterocycles. The fourth-order valence-corrected chi connectivity index (χ4v) is 2.86. The molecule has 1 saturated heterocycles. The number of ether oxygens (including phenoxy) is 2. The van der Waals surface area contributed by atoms with Crippen molar-refractivity contribution in [3.05, 3.63) is 29.8 Å². The fraction of sp³-hybridized carbons (Fsp3) is 0.533. The van der Waals surface area contributed by atoms with Gasteiger partial charge >= 0.3 is 0 Å². The van der Waals surface area contributed by atoms with Crippen LogP contribution in [0.4, 0.5) is 0 Å². The van der Waals surface area contributed by atoms with E-state index in [1.54, 1.807) is 0 Å². The monoisotopic (exact) mass is 276 g/mol. The molecule has 1 aromatic carbocycles. The van der Waals surface area contributed by atoms with Crippen molar-refractivity contribution in [1.82, 2.24) is 10.2 Å². The van der Waals surface area contributed by atoms with E-state index in [0.29, 0.717) is 26.3 Å². The van der Waals surface area contributed by atoms with Crippen LogP contribution in [0.5, 0.6) is 5.75 Å². The summed E-state index contributed by atoms with van der Waals surface area (Å²) >= 11 is 0. The SMILES string of the molecule is CNCC1CN(C(=O)C2COc3ccccc32)CCO1. The molecule has 0 saturated carbocycles. The van der Waals surface area contributed by atoms with Crippen LogP contribution in [0.15, 0.2) is 24.3 Å². The van der Waals surface area contributed by atoms with Crippen molar-refractivity contribution in [1.29, 1.82) is 0 Å². The van der Waals surface area contributed by atoms with Crippen LogP contribution in [-0.2, 0) is 9.53 Å². The molecule has 2 aliphatic rings. The van der Waals surface area contributed by atoms with Gasteiger partial charge in [-0.05, 0) is 13.1 Å². The first-order chi connectivity index (χ1) is 9.79. The number of hydrogen-bond acceptors (Lipinski definition) is 4. The second-order valence-corrected chi connectivity index (χ2v) is 5.24. The van der Waals surface area contributed by atoms with Gasteiger partial charge in [-0.3, -0.25) is 4.79 Å². The van der Waals surface area contributed by atoms with Gasteiger partial charge in [0.05, 0.1) is 12.7 Å². The number of benzene rings is 1. The predicted octanol–water partition coefficient (Wildman–Crippen LogP) is 0.609. The van der Waals surface area contributed by atoms with Gasteiger partial charge in [-0.1, -0.05) is 18.2 Å². The molecule has 3 rings (SSSR count). The van der Waals surface area contributed by atoms with Gasteiger partial charge in [0.2, 0.25) is 5.91 Å². The number of para-hydroxylation sites is 1. The second-order valence-electron chi connectivity index (χ2n) is 5.24. The van der Waals surface area contributed by atoms with Crippen LogP contribution in [0, 0.1) is 0 Å². The Morgan fingerprint density at radius 2 is 2.30 bits per heavy atom. The van der Waals surface area contributed by atoms with Crippen LogP contribution >= 0.6 is 0 Å². The van der Waals surface area contributed by atoms with E-state index < -0.39 is 0 Å². The molecule has 2 heterocycles. The Morgan fingerprint density at radius 1 is 1.45 bits per heavy atom. The van der Waals surface area contributed by atoms with Gasteiger partial charge in [0, 0.05) is 25.2 Å². The number of nitrogens with one attached hydrogen (secondary N) is 1. The van der Waals surface area contributed by atoms with Crippen molar-refractivity contribution in [2.45, 2.75) is 12.0 Å². The molecule has 20 heavy (non-hydrogen) atoms. The highest BCUT2D eigenvalue weighted by atomic mass is 16.5. The first-order valence-corrected chi connectivity index (χ1v) is 7.06. The van der Waals surface area contributed by atoms with E-state index in [2.05, 4.69) is 5.32 Å². The second kappa shape index (κ2) is 5.81. The summed E-state index contributed by atoms with van der Waals surface area (Å²) in [5, 5.41) is 3.09. The molecule has 5 heteroatoms. The normalized spacial score (nSPS) is 25.1. The van der Waals surface area contributed by atoms with Crippen LogP contribution in [0.1, 0.15) is 11.5 Å². The van der Waals surface area contributed by atoms with Gasteiger partial charge in [0.15, 0.2) is 0 Å². The van der Waals surface area contributed by atoms with E-state index in [0.717, 1.165) is 17.9 Å². The average molecular weight is 276 g/mol. The molecule has 2 aliphatic heterocycles. The Balaban J connectivity index is 1.70. The van der Waals surface area contributed by atoms with E-state index in [1.165, 1.54) is 0 Å². The lowest BCUT2D eigenvalue weighted by molar-refractivity contribution is -0.140. The standard InChI is InChI=1S/C15H20N2O3/c1-16-8-11-9-17(6-7-19-11)15(18)13-10-20-14-5-3-2-4-12(13)14/h2-5,11,13,16H,6-10H2,1H3. The number of rotatable bonds is 3. The highest BCUT2D eigenvalue weighted by Crippen LogP contribution is 2.34. The first kappa shape index (κ1) is 13.4. The topological polar surface area (TPSA) is 50.8 Å². The van der Waals surface area contributed by atoms with Crippen LogP contribution in [0.25, 0.3) is 0 Å². The highest BCUT2D eigenvalue weighted by molar-refractivity contribution is 5.85. The highest BCUT2D eigenvalue weighted by Gasteiger charge is 2.35. The summed E-state index contributed by atoms with van der Waals surface area (Å²) in [4.78, 5) is 14.6. The van der Waals surface area contributed by atoms with Crippen molar-refractivity contribution in [3.63, 3.8) is 0 Å². The van der Waals surface area contributed by atoms with Gasteiger partial charge in [0.25, 0.3) is 0 Å². The Bertz CT molecular complexity index is 490. The number of likely N-dealkylation sites (N-methyl/N-ethyl adjacent to an activating group) is 1. The van der Waals surface area contributed by atoms with E-state index in [1.807, 2.05) is 36.2 Å². The van der Waals surface area contributed by atoms with Gasteiger partial charge in [0.1, 0.15) is 18.3 Å². The number of amides is 1. The maximum Gasteiger partial charge on any atom is 0.233 e. The quantitative estimate of drug-likeness (QED) is 0.879. The molecule has 2 atom stereocenters. The maximum atomic E-state index is 12.7. The van der Waals surface area contributed by atoms with Crippen molar-refractivity contribution in [3.8, 4) is 5.75 Å². The molecule has 5 nitrogen and oxygen atoms in total. The number of carbonyl (C=O) groups is 1. The lowest BCUT2D eigenvalue weighted by Gasteiger charge is -2.34. The summed E-state index contributed by atoms with van der Waals surface area (Å²) in [6.45, 7) is 3.14. The van der Waals surface area contributed by atoms with E-state index in [-0.39, 0.29) is 17.9 Å². The van der Waals surface area contributed by atoms with Crippen molar-refractivity contribution >= 4 is 5.91 Å². The zero-order valence-corrected chi connectivity index (χ0v) is 11.7. The molecule has 0 bridgehead atoms. The molecule has 0 radical (unpaired) electrons. The molecule has 0 spiro atoms. The molecule has 2 unspecified atom stereocenters. The summed E-state index contributed by atoms with van der Waals surface area (Å²) in [7, 11) is 1.89. The molecule has 1 fully saturated rings. The first-order valence-electron chi connectivity index (χ1n) is 7.06. The molecular formula is C15H20N2O3. The number of hydrogen-bond donors (Lipinski definition) is 1. The van der Waals surface area contributed by atoms with Gasteiger partial charge < -0.3 is 19.7 Å². The Hall–Kier alpha value is -1.59. The molecule has 1 amide bonds. The zero-order valence-electron chi connectivity index (χ0n) is 11.7. The third-order valence-electron chi connectivity index (χ3n) is 3.88. The summed E-state index contributed by atoms with van der Waals surface area (Å²) < 4.78 is 11.2. The van der Waals surface area contributed by atoms with Crippen LogP contribution in [0.3, 0.4) is 0 Å². The van der Waals surface area contributed by atoms with Crippen molar-refractivity contribution in [2.24, 2.45) is 0 Å². The summed E-state index contributed by atoms with van der Waals surface area (Å²) in [6.07, 6.45) is 0.0789. The van der Waals surface area contributed by atoms with Gasteiger partial charge in [-0.2, -0.15) is 0 Å². The van der Waals surface area contributed by atoms with E-state index in [9.17, 15) is 4.79 Å². The zero-order chi connectivity index (χ0) is 13.9. The number of morpholine rings is 1. The average Bonchev–Trinajstić information content (AvgIpc) is 2.91. The lowest BCUT2D eigenvalue weighted by atomic mass is 9.99. The van der Waals surface area contributed by atoms with Crippen molar-refractivity contribution in [2.75, 3.05) is 39.9 Å². The van der Waals surface area contributed by atoms with Gasteiger partial charge in [-0.25, -0.2) is 0 Å². The Kier molecular flexibility index (Phi) is 3.89. The van der Waals surface area contributed by atoms with Gasteiger partial charge in [-0.15, -0.1) is 0 Å². The minimum atomic E-state index is -0.167. The minimum absolute atomic E-state index is 0.0789. The number of nitrogens with zero attached hydrogens (tertiary/aromatic N) is 1. The minimum Gasteiger partial charge on any atom is -0.492 e. The molecular weight excluding hydrogens is 256 g/mol. The smallest absolute Gasteiger partial charge is 0.233 e. The number of fused-ring (bicyclic) bond motifs is 1. The molecule has 1 N–H and O–H groups in total.